The van der Waals surface area contributed by atoms with Gasteiger partial charge in [-0.3, -0.25) is 0 Å². The Balaban J connectivity index is 0.00000147. The van der Waals surface area contributed by atoms with Gasteiger partial charge in [-0.25, -0.2) is 0 Å². The van der Waals surface area contributed by atoms with Crippen LogP contribution in [-0.4, -0.2) is 64.3 Å². The van der Waals surface area contributed by atoms with E-state index in [0.29, 0.717) is 0 Å². The minimum Gasteiger partial charge on any atom is -0.412 e. The molecule has 4 atom stereocenters. The molecule has 3 fully saturated rings. The largest absolute Gasteiger partial charge is 0.412 e. The molecule has 0 bridgehead atoms. The molecule has 4 N–H and O–H groups in total. The van der Waals surface area contributed by atoms with Gasteiger partial charge in [0.15, 0.2) is 24.0 Å². The van der Waals surface area contributed by atoms with E-state index in [-0.39, 0.29) is 12.1 Å². The first-order valence-electron chi connectivity index (χ1n) is 6.38. The van der Waals surface area contributed by atoms with Crippen molar-refractivity contribution in [1.29, 1.82) is 0 Å². The van der Waals surface area contributed by atoms with Crippen molar-refractivity contribution >= 4 is 0 Å². The zero-order valence-corrected chi connectivity index (χ0v) is 12.0. The lowest BCUT2D eigenvalue weighted by Gasteiger charge is -2.31. The van der Waals surface area contributed by atoms with Crippen LogP contribution in [-0.2, 0) is 23.7 Å². The lowest BCUT2D eigenvalue weighted by Crippen LogP contribution is -2.54. The summed E-state index contributed by atoms with van der Waals surface area (Å²) in [6.45, 7) is 7.13. The average Bonchev–Trinajstić information content (AvgIpc) is 2.80. The molecule has 0 aromatic rings. The van der Waals surface area contributed by atoms with Gasteiger partial charge in [0.05, 0.1) is 6.61 Å². The highest BCUT2D eigenvalue weighted by Crippen LogP contribution is 2.44. The molecule has 3 heterocycles. The molecule has 118 valence electrons. The van der Waals surface area contributed by atoms with Gasteiger partial charge in [-0.15, -0.1) is 0 Å². The quantitative estimate of drug-likeness (QED) is 0.587. The third-order valence-corrected chi connectivity index (χ3v) is 3.54. The lowest BCUT2D eigenvalue weighted by atomic mass is 10.0. The number of hydrogen-bond donors (Lipinski definition) is 2. The lowest BCUT2D eigenvalue weighted by molar-refractivity contribution is -0.297. The fourth-order valence-corrected chi connectivity index (χ4v) is 2.75. The number of rotatable bonds is 1. The molecule has 8 heteroatoms. The molecule has 8 nitrogen and oxygen atoms in total. The normalized spacial score (nSPS) is 44.1. The Labute approximate surface area is 116 Å². The zero-order chi connectivity index (χ0) is 14.1. The summed E-state index contributed by atoms with van der Waals surface area (Å²) in [7, 11) is 0. The molecule has 0 unspecified atom stereocenters. The molecule has 0 amide bonds. The van der Waals surface area contributed by atoms with Crippen molar-refractivity contribution in [1.82, 2.24) is 0 Å². The van der Waals surface area contributed by atoms with Gasteiger partial charge in [0.2, 0.25) is 5.79 Å². The van der Waals surface area contributed by atoms with Crippen LogP contribution in [0.15, 0.2) is 0 Å². The van der Waals surface area contributed by atoms with Crippen molar-refractivity contribution in [2.75, 3.05) is 6.61 Å². The molecule has 0 aliphatic carbocycles. The molecule has 0 radical (unpaired) electrons. The van der Waals surface area contributed by atoms with Crippen LogP contribution < -0.4 is 0 Å². The van der Waals surface area contributed by atoms with Crippen LogP contribution in [0.5, 0.6) is 0 Å². The number of aliphatic hydroxyl groups is 2. The van der Waals surface area contributed by atoms with E-state index >= 15 is 0 Å². The summed E-state index contributed by atoms with van der Waals surface area (Å²) in [5.41, 5.74) is 0. The molecule has 3 saturated heterocycles. The van der Waals surface area contributed by atoms with E-state index in [0.717, 1.165) is 0 Å². The average molecular weight is 294 g/mol. The van der Waals surface area contributed by atoms with Crippen molar-refractivity contribution in [2.24, 2.45) is 0 Å². The maximum Gasteiger partial charge on any atom is 0.225 e. The summed E-state index contributed by atoms with van der Waals surface area (Å²) >= 11 is 0. The van der Waals surface area contributed by atoms with E-state index in [1.807, 2.05) is 0 Å². The van der Waals surface area contributed by atoms with E-state index < -0.39 is 42.0 Å². The predicted molar refractivity (Wildman–Crippen MR) is 64.4 cm³/mol. The van der Waals surface area contributed by atoms with Crippen LogP contribution in [0.4, 0.5) is 0 Å². The van der Waals surface area contributed by atoms with Crippen molar-refractivity contribution in [3.8, 4) is 0 Å². The van der Waals surface area contributed by atoms with Crippen LogP contribution in [0.1, 0.15) is 27.7 Å². The highest BCUT2D eigenvalue weighted by Gasteiger charge is 2.65. The summed E-state index contributed by atoms with van der Waals surface area (Å²) in [5.74, 6) is -3.83. The van der Waals surface area contributed by atoms with Gasteiger partial charge in [-0.1, -0.05) is 0 Å². The summed E-state index contributed by atoms with van der Waals surface area (Å²) in [6.07, 6.45) is -3.33. The zero-order valence-electron chi connectivity index (χ0n) is 12.0. The van der Waals surface area contributed by atoms with E-state index in [1.165, 1.54) is 0 Å². The second-order valence-corrected chi connectivity index (χ2v) is 6.13. The van der Waals surface area contributed by atoms with E-state index in [9.17, 15) is 10.2 Å². The van der Waals surface area contributed by atoms with Crippen molar-refractivity contribution in [2.45, 2.75) is 69.7 Å². The summed E-state index contributed by atoms with van der Waals surface area (Å²) in [4.78, 5) is 0. The smallest absolute Gasteiger partial charge is 0.225 e. The van der Waals surface area contributed by atoms with Gasteiger partial charge in [0.1, 0.15) is 12.2 Å². The second-order valence-electron chi connectivity index (χ2n) is 6.13. The topological polar surface area (TPSA) is 118 Å². The predicted octanol–water partition coefficient (Wildman–Crippen LogP) is -1.13. The van der Waals surface area contributed by atoms with Crippen LogP contribution >= 0.6 is 0 Å². The fraction of sp³-hybridized carbons (Fsp3) is 1.00. The molecular formula is C12H22O8. The Morgan fingerprint density at radius 1 is 0.900 bits per heavy atom. The molecule has 20 heavy (non-hydrogen) atoms. The van der Waals surface area contributed by atoms with Crippen LogP contribution in [0.25, 0.3) is 0 Å². The summed E-state index contributed by atoms with van der Waals surface area (Å²) in [6, 6.07) is 0. The number of fused-ring (bicyclic) bond motifs is 1. The molecule has 3 aliphatic rings. The van der Waals surface area contributed by atoms with E-state index in [1.54, 1.807) is 27.7 Å². The molecular weight excluding hydrogens is 272 g/mol. The van der Waals surface area contributed by atoms with Crippen LogP contribution in [0.2, 0.25) is 0 Å². The minimum absolute atomic E-state index is 0. The van der Waals surface area contributed by atoms with Crippen LogP contribution in [0, 0.1) is 0 Å². The van der Waals surface area contributed by atoms with Gasteiger partial charge in [-0.2, -0.15) is 0 Å². The van der Waals surface area contributed by atoms with Crippen LogP contribution in [0.3, 0.4) is 0 Å². The summed E-state index contributed by atoms with van der Waals surface area (Å²) < 4.78 is 27.6. The first kappa shape index (κ1) is 16.1. The Morgan fingerprint density at radius 3 is 2.05 bits per heavy atom. The second kappa shape index (κ2) is 4.59. The first-order valence-corrected chi connectivity index (χ1v) is 6.38. The van der Waals surface area contributed by atoms with Gasteiger partial charge in [-0.05, 0) is 27.7 Å². The maximum atomic E-state index is 10.3. The standard InChI is InChI=1S/C12H20O7.H2O/c1-10(2)15-5-6(17-10)7-12(13,14)8-9(16-7)19-11(3,4)18-8;/h6-9,13-14H,5H2,1-4H3;1H2/t6-,7-,8+,9-;/m1./s1. The third kappa shape index (κ3) is 2.46. The maximum absolute atomic E-state index is 10.3. The van der Waals surface area contributed by atoms with Crippen molar-refractivity contribution in [3.63, 3.8) is 0 Å². The minimum atomic E-state index is -2.17. The Hall–Kier alpha value is -0.320. The Kier molecular flexibility index (Phi) is 3.68. The summed E-state index contributed by atoms with van der Waals surface area (Å²) in [5, 5.41) is 20.6. The Bertz CT molecular complexity index is 380. The highest BCUT2D eigenvalue weighted by atomic mass is 16.9. The molecule has 0 saturated carbocycles. The molecule has 3 aliphatic heterocycles. The fourth-order valence-electron chi connectivity index (χ4n) is 2.75. The van der Waals surface area contributed by atoms with Gasteiger partial charge in [0.25, 0.3) is 0 Å². The van der Waals surface area contributed by atoms with Crippen molar-refractivity contribution in [3.05, 3.63) is 0 Å². The third-order valence-electron chi connectivity index (χ3n) is 3.54. The molecule has 0 aromatic heterocycles. The monoisotopic (exact) mass is 294 g/mol. The van der Waals surface area contributed by atoms with Gasteiger partial charge < -0.3 is 39.4 Å². The number of ether oxygens (including phenoxy) is 5. The van der Waals surface area contributed by atoms with Crippen molar-refractivity contribution < 1.29 is 39.4 Å². The van der Waals surface area contributed by atoms with Gasteiger partial charge >= 0.3 is 0 Å². The molecule has 0 aromatic carbocycles. The molecule has 0 spiro atoms. The van der Waals surface area contributed by atoms with Gasteiger partial charge in [0, 0.05) is 0 Å². The van der Waals surface area contributed by atoms with E-state index in [4.69, 9.17) is 23.7 Å². The van der Waals surface area contributed by atoms with E-state index in [2.05, 4.69) is 0 Å². The SMILES string of the molecule is CC1(C)OC[C@H]([C@H]2O[C@@H]3OC(C)(C)O[C@@H]3C2(O)O)O1.O. The highest BCUT2D eigenvalue weighted by molar-refractivity contribution is 5.02. The Morgan fingerprint density at radius 2 is 1.55 bits per heavy atom. The first-order chi connectivity index (χ1) is 8.61. The number of hydrogen-bond acceptors (Lipinski definition) is 7. The molecule has 3 rings (SSSR count).